The average Bonchev–Trinajstić information content (AvgIpc) is 2.68. The van der Waals surface area contributed by atoms with Crippen LogP contribution >= 0.6 is 39.7 Å². The van der Waals surface area contributed by atoms with Crippen molar-refractivity contribution in [1.82, 2.24) is 9.62 Å². The first-order chi connectivity index (χ1) is 7.93. The fourth-order valence-electron chi connectivity index (χ4n) is 1.89. The van der Waals surface area contributed by atoms with Gasteiger partial charge in [-0.1, -0.05) is 0 Å². The Morgan fingerprint density at radius 2 is 2.17 bits per heavy atom. The molecule has 0 aromatic carbocycles. The van der Waals surface area contributed by atoms with E-state index >= 15 is 0 Å². The fraction of sp³-hybridized carbons (Fsp3) is 0.600. The van der Waals surface area contributed by atoms with Gasteiger partial charge >= 0.3 is 0 Å². The first-order valence-corrected chi connectivity index (χ1v) is 8.52. The Kier molecular flexibility index (Phi) is 5.64. The number of hydrogen-bond acceptors (Lipinski definition) is 4. The topological polar surface area (TPSA) is 49.4 Å². The molecule has 2 heterocycles. The normalized spacial score (nSPS) is 25.7. The summed E-state index contributed by atoms with van der Waals surface area (Å²) < 4.78 is 27.7. The van der Waals surface area contributed by atoms with Crippen molar-refractivity contribution in [2.24, 2.45) is 0 Å². The molecule has 8 heteroatoms. The molecule has 2 rings (SSSR count). The van der Waals surface area contributed by atoms with Crippen LogP contribution in [0.3, 0.4) is 0 Å². The zero-order valence-corrected chi connectivity index (χ0v) is 14.1. The molecule has 0 spiro atoms. The largest absolute Gasteiger partial charge is 0.311 e. The fourth-order valence-corrected chi connectivity index (χ4v) is 6.04. The quantitative estimate of drug-likeness (QED) is 0.863. The molecular formula is C10H16BrClN2O2S2. The maximum absolute atomic E-state index is 12.5. The SMILES string of the molecule is CC1CN(S(=O)(=O)c2sccc2Br)C(C)CN1.Cl. The van der Waals surface area contributed by atoms with Crippen LogP contribution in [0.25, 0.3) is 0 Å². The van der Waals surface area contributed by atoms with E-state index in [1.807, 2.05) is 13.8 Å². The minimum atomic E-state index is -3.37. The van der Waals surface area contributed by atoms with Gasteiger partial charge in [-0.05, 0) is 41.2 Å². The molecule has 1 aliphatic rings. The summed E-state index contributed by atoms with van der Waals surface area (Å²) in [5.74, 6) is 0. The van der Waals surface area contributed by atoms with Crippen molar-refractivity contribution in [2.45, 2.75) is 30.1 Å². The van der Waals surface area contributed by atoms with E-state index in [1.54, 1.807) is 15.8 Å². The Hall–Kier alpha value is 0.340. The van der Waals surface area contributed by atoms with Gasteiger partial charge in [0, 0.05) is 29.6 Å². The molecule has 0 amide bonds. The second kappa shape index (κ2) is 6.19. The molecule has 1 aliphatic heterocycles. The third kappa shape index (κ3) is 3.08. The zero-order valence-electron chi connectivity index (χ0n) is 10.1. The molecule has 104 valence electrons. The minimum Gasteiger partial charge on any atom is -0.311 e. The van der Waals surface area contributed by atoms with Gasteiger partial charge < -0.3 is 5.32 Å². The molecule has 0 radical (unpaired) electrons. The Morgan fingerprint density at radius 1 is 1.50 bits per heavy atom. The van der Waals surface area contributed by atoms with Gasteiger partial charge in [-0.15, -0.1) is 23.7 Å². The lowest BCUT2D eigenvalue weighted by atomic mass is 10.2. The van der Waals surface area contributed by atoms with Gasteiger partial charge in [0.1, 0.15) is 4.21 Å². The summed E-state index contributed by atoms with van der Waals surface area (Å²) in [6.07, 6.45) is 0. The van der Waals surface area contributed by atoms with Gasteiger partial charge in [-0.3, -0.25) is 0 Å². The molecule has 0 aliphatic carbocycles. The Morgan fingerprint density at radius 3 is 2.72 bits per heavy atom. The summed E-state index contributed by atoms with van der Waals surface area (Å²) in [5.41, 5.74) is 0. The van der Waals surface area contributed by atoms with Crippen molar-refractivity contribution in [3.05, 3.63) is 15.9 Å². The molecule has 1 N–H and O–H groups in total. The third-order valence-electron chi connectivity index (χ3n) is 2.83. The summed E-state index contributed by atoms with van der Waals surface area (Å²) in [6.45, 7) is 5.15. The highest BCUT2D eigenvalue weighted by atomic mass is 79.9. The molecule has 1 fully saturated rings. The molecule has 0 bridgehead atoms. The van der Waals surface area contributed by atoms with E-state index in [9.17, 15) is 8.42 Å². The van der Waals surface area contributed by atoms with Crippen molar-refractivity contribution < 1.29 is 8.42 Å². The highest BCUT2D eigenvalue weighted by molar-refractivity contribution is 9.10. The summed E-state index contributed by atoms with van der Waals surface area (Å²) >= 11 is 4.55. The Bertz CT molecular complexity index is 506. The smallest absolute Gasteiger partial charge is 0.254 e. The third-order valence-corrected chi connectivity index (χ3v) is 7.46. The predicted molar refractivity (Wildman–Crippen MR) is 80.1 cm³/mol. The molecule has 1 aromatic heterocycles. The van der Waals surface area contributed by atoms with Crippen LogP contribution in [-0.4, -0.2) is 37.9 Å². The van der Waals surface area contributed by atoms with E-state index in [0.717, 1.165) is 0 Å². The van der Waals surface area contributed by atoms with E-state index in [2.05, 4.69) is 21.2 Å². The lowest BCUT2D eigenvalue weighted by Crippen LogP contribution is -2.56. The molecular weight excluding hydrogens is 360 g/mol. The van der Waals surface area contributed by atoms with Gasteiger partial charge in [0.2, 0.25) is 0 Å². The Labute approximate surface area is 126 Å². The van der Waals surface area contributed by atoms with Gasteiger partial charge in [0.25, 0.3) is 10.0 Å². The average molecular weight is 376 g/mol. The summed E-state index contributed by atoms with van der Waals surface area (Å²) in [7, 11) is -3.37. The number of nitrogens with zero attached hydrogens (tertiary/aromatic N) is 1. The molecule has 1 saturated heterocycles. The second-order valence-electron chi connectivity index (χ2n) is 4.29. The van der Waals surface area contributed by atoms with E-state index < -0.39 is 10.0 Å². The van der Waals surface area contributed by atoms with E-state index in [-0.39, 0.29) is 24.5 Å². The lowest BCUT2D eigenvalue weighted by Gasteiger charge is -2.36. The molecule has 1 aromatic rings. The van der Waals surface area contributed by atoms with Crippen LogP contribution in [0.5, 0.6) is 0 Å². The Balaban J connectivity index is 0.00000162. The van der Waals surface area contributed by atoms with E-state index in [4.69, 9.17) is 0 Å². The lowest BCUT2D eigenvalue weighted by molar-refractivity contribution is 0.245. The van der Waals surface area contributed by atoms with Crippen LogP contribution in [0.4, 0.5) is 0 Å². The number of piperazine rings is 1. The highest BCUT2D eigenvalue weighted by Crippen LogP contribution is 2.31. The van der Waals surface area contributed by atoms with Crippen LogP contribution in [0.1, 0.15) is 13.8 Å². The molecule has 2 atom stereocenters. The van der Waals surface area contributed by atoms with Crippen molar-refractivity contribution >= 4 is 49.7 Å². The number of thiophene rings is 1. The number of sulfonamides is 1. The zero-order chi connectivity index (χ0) is 12.6. The van der Waals surface area contributed by atoms with E-state index in [0.29, 0.717) is 21.8 Å². The second-order valence-corrected chi connectivity index (χ2v) is 8.15. The molecule has 18 heavy (non-hydrogen) atoms. The maximum Gasteiger partial charge on any atom is 0.254 e. The van der Waals surface area contributed by atoms with Crippen LogP contribution in [0.2, 0.25) is 0 Å². The summed E-state index contributed by atoms with van der Waals surface area (Å²) in [4.78, 5) is 0. The van der Waals surface area contributed by atoms with Gasteiger partial charge in [0.05, 0.1) is 0 Å². The predicted octanol–water partition coefficient (Wildman–Crippen LogP) is 2.30. The van der Waals surface area contributed by atoms with Crippen molar-refractivity contribution in [3.63, 3.8) is 0 Å². The van der Waals surface area contributed by atoms with E-state index in [1.165, 1.54) is 11.3 Å². The number of rotatable bonds is 2. The number of nitrogens with one attached hydrogen (secondary N) is 1. The molecule has 0 saturated carbocycles. The first kappa shape index (κ1) is 16.4. The van der Waals surface area contributed by atoms with Crippen molar-refractivity contribution in [1.29, 1.82) is 0 Å². The van der Waals surface area contributed by atoms with Crippen LogP contribution in [0.15, 0.2) is 20.1 Å². The van der Waals surface area contributed by atoms with Gasteiger partial charge in [0.15, 0.2) is 0 Å². The van der Waals surface area contributed by atoms with Gasteiger partial charge in [-0.2, -0.15) is 4.31 Å². The monoisotopic (exact) mass is 374 g/mol. The number of halogens is 2. The van der Waals surface area contributed by atoms with Crippen molar-refractivity contribution in [3.8, 4) is 0 Å². The summed E-state index contributed by atoms with van der Waals surface area (Å²) in [6, 6.07) is 1.96. The summed E-state index contributed by atoms with van der Waals surface area (Å²) in [5, 5.41) is 5.06. The maximum atomic E-state index is 12.5. The first-order valence-electron chi connectivity index (χ1n) is 5.41. The van der Waals surface area contributed by atoms with Crippen LogP contribution in [0, 0.1) is 0 Å². The minimum absolute atomic E-state index is 0. The molecule has 4 nitrogen and oxygen atoms in total. The highest BCUT2D eigenvalue weighted by Gasteiger charge is 2.35. The van der Waals surface area contributed by atoms with Crippen LogP contribution in [-0.2, 0) is 10.0 Å². The number of hydrogen-bond donors (Lipinski definition) is 1. The molecule has 2 unspecified atom stereocenters. The van der Waals surface area contributed by atoms with Crippen LogP contribution < -0.4 is 5.32 Å². The van der Waals surface area contributed by atoms with Gasteiger partial charge in [-0.25, -0.2) is 8.42 Å². The van der Waals surface area contributed by atoms with Crippen molar-refractivity contribution in [2.75, 3.05) is 13.1 Å². The standard InChI is InChI=1S/C10H15BrN2O2S2.ClH/c1-7-6-13(8(2)5-12-7)17(14,15)10-9(11)3-4-16-10;/h3-4,7-8,12H,5-6H2,1-2H3;1H.